The van der Waals surface area contributed by atoms with Gasteiger partial charge in [0.15, 0.2) is 10.8 Å². The SMILES string of the molecule is CCOC(=O)c1csc(-n2cc(CC(C)C)c3ccc(C(F)(F)F)cc32)n1. The van der Waals surface area contributed by atoms with E-state index in [2.05, 4.69) is 18.8 Å². The van der Waals surface area contributed by atoms with E-state index in [0.717, 1.165) is 29.5 Å². The first-order chi connectivity index (χ1) is 12.7. The van der Waals surface area contributed by atoms with E-state index >= 15 is 0 Å². The number of benzene rings is 1. The third-order valence-corrected chi connectivity index (χ3v) is 4.87. The highest BCUT2D eigenvalue weighted by atomic mass is 32.1. The molecule has 0 N–H and O–H groups in total. The van der Waals surface area contributed by atoms with Crippen LogP contribution in [-0.4, -0.2) is 22.1 Å². The smallest absolute Gasteiger partial charge is 0.416 e. The number of alkyl halides is 3. The van der Waals surface area contributed by atoms with E-state index in [1.807, 2.05) is 0 Å². The normalized spacial score (nSPS) is 12.1. The van der Waals surface area contributed by atoms with Gasteiger partial charge in [-0.1, -0.05) is 19.9 Å². The Hall–Kier alpha value is -2.35. The van der Waals surface area contributed by atoms with Crippen molar-refractivity contribution in [2.24, 2.45) is 5.92 Å². The van der Waals surface area contributed by atoms with Crippen LogP contribution < -0.4 is 0 Å². The summed E-state index contributed by atoms with van der Waals surface area (Å²) in [5, 5.41) is 2.73. The van der Waals surface area contributed by atoms with Gasteiger partial charge in [-0.05, 0) is 37.0 Å². The molecule has 27 heavy (non-hydrogen) atoms. The maximum absolute atomic E-state index is 13.2. The Morgan fingerprint density at radius 2 is 2.07 bits per heavy atom. The predicted molar refractivity (Wildman–Crippen MR) is 98.4 cm³/mol. The van der Waals surface area contributed by atoms with Gasteiger partial charge < -0.3 is 4.74 Å². The van der Waals surface area contributed by atoms with Gasteiger partial charge in [-0.2, -0.15) is 13.2 Å². The summed E-state index contributed by atoms with van der Waals surface area (Å²) in [6.07, 6.45) is -1.90. The van der Waals surface area contributed by atoms with Crippen molar-refractivity contribution in [3.8, 4) is 5.13 Å². The monoisotopic (exact) mass is 396 g/mol. The number of fused-ring (bicyclic) bond motifs is 1. The zero-order valence-corrected chi connectivity index (χ0v) is 15.9. The number of esters is 1. The van der Waals surface area contributed by atoms with Gasteiger partial charge in [0.1, 0.15) is 0 Å². The molecule has 144 valence electrons. The highest BCUT2D eigenvalue weighted by Crippen LogP contribution is 2.35. The van der Waals surface area contributed by atoms with Crippen molar-refractivity contribution >= 4 is 28.2 Å². The maximum atomic E-state index is 13.2. The first-order valence-corrected chi connectivity index (χ1v) is 9.42. The fourth-order valence-corrected chi connectivity index (χ4v) is 3.69. The minimum atomic E-state index is -4.43. The molecule has 2 aromatic heterocycles. The molecule has 0 aliphatic rings. The van der Waals surface area contributed by atoms with E-state index in [1.54, 1.807) is 23.1 Å². The van der Waals surface area contributed by atoms with Crippen molar-refractivity contribution in [1.29, 1.82) is 0 Å². The van der Waals surface area contributed by atoms with Crippen molar-refractivity contribution in [2.45, 2.75) is 33.4 Å². The molecule has 0 fully saturated rings. The summed E-state index contributed by atoms with van der Waals surface area (Å²) in [7, 11) is 0. The lowest BCUT2D eigenvalue weighted by Crippen LogP contribution is -2.06. The molecule has 3 rings (SSSR count). The van der Waals surface area contributed by atoms with E-state index in [9.17, 15) is 18.0 Å². The first-order valence-electron chi connectivity index (χ1n) is 8.55. The summed E-state index contributed by atoms with van der Waals surface area (Å²) >= 11 is 1.19. The highest BCUT2D eigenvalue weighted by molar-refractivity contribution is 7.12. The number of rotatable bonds is 5. The largest absolute Gasteiger partial charge is 0.461 e. The van der Waals surface area contributed by atoms with E-state index in [0.29, 0.717) is 16.6 Å². The van der Waals surface area contributed by atoms with Gasteiger partial charge in [0.05, 0.1) is 17.7 Å². The van der Waals surface area contributed by atoms with E-state index in [-0.39, 0.29) is 12.3 Å². The van der Waals surface area contributed by atoms with Gasteiger partial charge in [-0.3, -0.25) is 4.57 Å². The van der Waals surface area contributed by atoms with Crippen molar-refractivity contribution in [1.82, 2.24) is 9.55 Å². The van der Waals surface area contributed by atoms with Gasteiger partial charge in [0.25, 0.3) is 0 Å². The van der Waals surface area contributed by atoms with Crippen LogP contribution in [0.1, 0.15) is 42.4 Å². The molecule has 0 unspecified atom stereocenters. The number of halogens is 3. The molecular formula is C19H19F3N2O2S. The standard InChI is InChI=1S/C19H19F3N2O2S/c1-4-26-17(25)15-10-27-18(23-15)24-9-12(7-11(2)3)14-6-5-13(8-16(14)24)19(20,21)22/h5-6,8-11H,4,7H2,1-3H3. The van der Waals surface area contributed by atoms with Gasteiger partial charge in [0.2, 0.25) is 0 Å². The lowest BCUT2D eigenvalue weighted by molar-refractivity contribution is -0.137. The van der Waals surface area contributed by atoms with E-state index in [1.165, 1.54) is 17.4 Å². The minimum Gasteiger partial charge on any atom is -0.461 e. The molecule has 0 spiro atoms. The van der Waals surface area contributed by atoms with Crippen molar-refractivity contribution in [2.75, 3.05) is 6.61 Å². The quantitative estimate of drug-likeness (QED) is 0.536. The van der Waals surface area contributed by atoms with Gasteiger partial charge >= 0.3 is 12.1 Å². The van der Waals surface area contributed by atoms with Crippen molar-refractivity contribution in [3.63, 3.8) is 0 Å². The van der Waals surface area contributed by atoms with Crippen LogP contribution in [0, 0.1) is 5.92 Å². The number of carbonyl (C=O) groups excluding carboxylic acids is 1. The molecular weight excluding hydrogens is 377 g/mol. The van der Waals surface area contributed by atoms with Crippen LogP contribution in [0.15, 0.2) is 29.8 Å². The lowest BCUT2D eigenvalue weighted by Gasteiger charge is -2.08. The third-order valence-electron chi connectivity index (χ3n) is 4.03. The van der Waals surface area contributed by atoms with Crippen LogP contribution in [0.3, 0.4) is 0 Å². The molecule has 2 heterocycles. The predicted octanol–water partition coefficient (Wildman–Crippen LogP) is 5.48. The van der Waals surface area contributed by atoms with Gasteiger partial charge in [-0.25, -0.2) is 9.78 Å². The molecule has 1 aromatic carbocycles. The van der Waals surface area contributed by atoms with Crippen LogP contribution in [0.5, 0.6) is 0 Å². The topological polar surface area (TPSA) is 44.1 Å². The molecule has 0 aliphatic heterocycles. The summed E-state index contributed by atoms with van der Waals surface area (Å²) < 4.78 is 46.1. The molecule has 0 saturated carbocycles. The van der Waals surface area contributed by atoms with E-state index in [4.69, 9.17) is 4.74 Å². The zero-order chi connectivity index (χ0) is 19.8. The lowest BCUT2D eigenvalue weighted by atomic mass is 10.0. The Balaban J connectivity index is 2.14. The third kappa shape index (κ3) is 4.00. The molecule has 0 saturated heterocycles. The van der Waals surface area contributed by atoms with Crippen LogP contribution in [-0.2, 0) is 17.3 Å². The summed E-state index contributed by atoms with van der Waals surface area (Å²) in [5.74, 6) is -0.201. The average molecular weight is 396 g/mol. The molecule has 8 heteroatoms. The molecule has 0 aliphatic carbocycles. The number of hydrogen-bond donors (Lipinski definition) is 0. The number of ether oxygens (including phenoxy) is 1. The second kappa shape index (κ2) is 7.34. The Kier molecular flexibility index (Phi) is 5.28. The first kappa shape index (κ1) is 19.4. The Morgan fingerprint density at radius 3 is 2.70 bits per heavy atom. The van der Waals surface area contributed by atoms with Crippen LogP contribution in [0.25, 0.3) is 16.0 Å². The second-order valence-corrected chi connectivity index (χ2v) is 7.42. The summed E-state index contributed by atoms with van der Waals surface area (Å²) in [6, 6.07) is 3.74. The number of aromatic nitrogens is 2. The van der Waals surface area contributed by atoms with Crippen molar-refractivity contribution < 1.29 is 22.7 Å². The van der Waals surface area contributed by atoms with Gasteiger partial charge in [0, 0.05) is 17.0 Å². The minimum absolute atomic E-state index is 0.149. The van der Waals surface area contributed by atoms with Crippen LogP contribution in [0.2, 0.25) is 0 Å². The fourth-order valence-electron chi connectivity index (χ4n) is 2.91. The number of nitrogens with zero attached hydrogens (tertiary/aromatic N) is 2. The molecule has 3 aromatic rings. The van der Waals surface area contributed by atoms with Crippen LogP contribution in [0.4, 0.5) is 13.2 Å². The Bertz CT molecular complexity index is 973. The highest BCUT2D eigenvalue weighted by Gasteiger charge is 2.31. The molecule has 4 nitrogen and oxygen atoms in total. The molecule has 0 bridgehead atoms. The number of thiazole rings is 1. The second-order valence-electron chi connectivity index (χ2n) is 6.59. The summed E-state index contributed by atoms with van der Waals surface area (Å²) in [6.45, 7) is 6.03. The number of hydrogen-bond acceptors (Lipinski definition) is 4. The Labute approximate surface area is 158 Å². The zero-order valence-electron chi connectivity index (χ0n) is 15.1. The van der Waals surface area contributed by atoms with Gasteiger partial charge in [-0.15, -0.1) is 11.3 Å². The molecule has 0 atom stereocenters. The maximum Gasteiger partial charge on any atom is 0.416 e. The van der Waals surface area contributed by atoms with Crippen molar-refractivity contribution in [3.05, 3.63) is 46.6 Å². The van der Waals surface area contributed by atoms with E-state index < -0.39 is 17.7 Å². The summed E-state index contributed by atoms with van der Waals surface area (Å²) in [4.78, 5) is 16.1. The van der Waals surface area contributed by atoms with Crippen LogP contribution >= 0.6 is 11.3 Å². The molecule has 0 radical (unpaired) electrons. The molecule has 0 amide bonds. The summed E-state index contributed by atoms with van der Waals surface area (Å²) in [5.41, 5.74) is 0.801. The number of carbonyl (C=O) groups is 1. The average Bonchev–Trinajstić information content (AvgIpc) is 3.19. The Morgan fingerprint density at radius 1 is 1.33 bits per heavy atom. The fraction of sp³-hybridized carbons (Fsp3) is 0.368.